The first-order valence-corrected chi connectivity index (χ1v) is 7.01. The van der Waals surface area contributed by atoms with Crippen LogP contribution in [0, 0.1) is 41.4 Å². The number of carbonyl (C=O) groups is 3. The second-order valence-corrected chi connectivity index (χ2v) is 6.47. The molecule has 2 bridgehead atoms. The lowest BCUT2D eigenvalue weighted by Gasteiger charge is -2.59. The number of ketones is 1. The molecule has 0 aromatic rings. The Hall–Kier alpha value is -1.45. The maximum atomic E-state index is 11.9. The van der Waals surface area contributed by atoms with Crippen LogP contribution in [0.4, 0.5) is 0 Å². The molecule has 0 aromatic carbocycles. The van der Waals surface area contributed by atoms with Crippen LogP contribution in [0.5, 0.6) is 0 Å². The van der Waals surface area contributed by atoms with Gasteiger partial charge in [-0.3, -0.25) is 9.59 Å². The Bertz CT molecular complexity index is 520. The first-order chi connectivity index (χ1) is 9.08. The van der Waals surface area contributed by atoms with Crippen LogP contribution >= 0.6 is 0 Å². The van der Waals surface area contributed by atoms with Gasteiger partial charge in [0.2, 0.25) is 0 Å². The van der Waals surface area contributed by atoms with Crippen molar-refractivity contribution in [1.29, 1.82) is 0 Å². The number of hydrogen-bond acceptors (Lipinski definition) is 4. The molecular formula is C15H16O4. The zero-order valence-electron chi connectivity index (χ0n) is 10.7. The van der Waals surface area contributed by atoms with Crippen LogP contribution in [0.2, 0.25) is 0 Å². The number of cyclic esters (lactones) is 2. The molecule has 0 N–H and O–H groups in total. The lowest BCUT2D eigenvalue weighted by Crippen LogP contribution is -2.57. The van der Waals surface area contributed by atoms with E-state index in [1.165, 1.54) is 0 Å². The molecule has 7 atom stereocenters. The zero-order chi connectivity index (χ0) is 13.3. The molecule has 4 heteroatoms. The molecule has 100 valence electrons. The zero-order valence-corrected chi connectivity index (χ0v) is 10.7. The van der Waals surface area contributed by atoms with Crippen molar-refractivity contribution in [3.05, 3.63) is 12.2 Å². The monoisotopic (exact) mass is 260 g/mol. The number of hydrogen-bond donors (Lipinski definition) is 0. The molecule has 0 spiro atoms. The van der Waals surface area contributed by atoms with Crippen LogP contribution in [0.1, 0.15) is 19.8 Å². The summed E-state index contributed by atoms with van der Waals surface area (Å²) in [5, 5.41) is 0. The van der Waals surface area contributed by atoms with E-state index in [1.54, 1.807) is 6.92 Å². The average Bonchev–Trinajstić information content (AvgIpc) is 2.63. The molecule has 1 saturated heterocycles. The molecule has 5 rings (SSSR count). The number of carbonyl (C=O) groups excluding carboxylic acids is 3. The maximum absolute atomic E-state index is 11.9. The molecule has 19 heavy (non-hydrogen) atoms. The van der Waals surface area contributed by atoms with E-state index in [2.05, 4.69) is 12.2 Å². The van der Waals surface area contributed by atoms with Gasteiger partial charge in [-0.15, -0.1) is 0 Å². The normalized spacial score (nSPS) is 49.4. The van der Waals surface area contributed by atoms with Gasteiger partial charge in [0.1, 0.15) is 5.78 Å². The van der Waals surface area contributed by atoms with Gasteiger partial charge in [-0.05, 0) is 42.9 Å². The van der Waals surface area contributed by atoms with Crippen LogP contribution in [0.25, 0.3) is 0 Å². The fourth-order valence-corrected chi connectivity index (χ4v) is 5.01. The minimum atomic E-state index is -0.346. The maximum Gasteiger partial charge on any atom is 0.318 e. The minimum absolute atomic E-state index is 0.108. The van der Waals surface area contributed by atoms with E-state index in [4.69, 9.17) is 4.74 Å². The molecule has 0 radical (unpaired) electrons. The predicted octanol–water partition coefficient (Wildman–Crippen LogP) is 1.35. The number of esters is 2. The van der Waals surface area contributed by atoms with Gasteiger partial charge in [-0.2, -0.15) is 0 Å². The number of ether oxygens (including phenoxy) is 1. The average molecular weight is 260 g/mol. The lowest BCUT2D eigenvalue weighted by atomic mass is 9.43. The van der Waals surface area contributed by atoms with Crippen LogP contribution in [-0.2, 0) is 19.1 Å². The Morgan fingerprint density at radius 1 is 1.21 bits per heavy atom. The molecule has 5 aliphatic rings. The topological polar surface area (TPSA) is 60.4 Å². The summed E-state index contributed by atoms with van der Waals surface area (Å²) in [6.07, 6.45) is 5.83. The van der Waals surface area contributed by atoms with Crippen molar-refractivity contribution in [2.24, 2.45) is 41.4 Å². The highest BCUT2D eigenvalue weighted by Crippen LogP contribution is 2.64. The van der Waals surface area contributed by atoms with Crippen LogP contribution in [0.3, 0.4) is 0 Å². The quantitative estimate of drug-likeness (QED) is 0.427. The van der Waals surface area contributed by atoms with Gasteiger partial charge < -0.3 is 9.53 Å². The van der Waals surface area contributed by atoms with Crippen molar-refractivity contribution in [1.82, 2.24) is 0 Å². The second kappa shape index (κ2) is 3.56. The summed E-state index contributed by atoms with van der Waals surface area (Å²) in [6, 6.07) is 0. The molecule has 0 aromatic heterocycles. The van der Waals surface area contributed by atoms with Crippen molar-refractivity contribution in [3.8, 4) is 0 Å². The van der Waals surface area contributed by atoms with E-state index in [-0.39, 0.29) is 41.4 Å². The second-order valence-electron chi connectivity index (χ2n) is 6.47. The van der Waals surface area contributed by atoms with Crippen LogP contribution < -0.4 is 0 Å². The van der Waals surface area contributed by atoms with Crippen molar-refractivity contribution < 1.29 is 19.1 Å². The summed E-state index contributed by atoms with van der Waals surface area (Å²) in [7, 11) is 0. The molecule has 0 amide bonds. The molecule has 3 fully saturated rings. The summed E-state index contributed by atoms with van der Waals surface area (Å²) >= 11 is 0. The molecular weight excluding hydrogens is 244 g/mol. The Morgan fingerprint density at radius 2 is 1.84 bits per heavy atom. The summed E-state index contributed by atoms with van der Waals surface area (Å²) in [5.74, 6) is 0.543. The Morgan fingerprint density at radius 3 is 2.53 bits per heavy atom. The number of allylic oxidation sites excluding steroid dienone is 2. The molecule has 1 heterocycles. The van der Waals surface area contributed by atoms with E-state index < -0.39 is 0 Å². The number of rotatable bonds is 2. The van der Waals surface area contributed by atoms with E-state index in [0.717, 1.165) is 6.42 Å². The molecule has 4 nitrogen and oxygen atoms in total. The third kappa shape index (κ3) is 1.32. The fourth-order valence-electron chi connectivity index (χ4n) is 5.01. The summed E-state index contributed by atoms with van der Waals surface area (Å²) < 4.78 is 4.85. The third-order valence-electron chi connectivity index (χ3n) is 5.62. The van der Waals surface area contributed by atoms with Gasteiger partial charge in [0.15, 0.2) is 0 Å². The van der Waals surface area contributed by atoms with E-state index in [0.29, 0.717) is 24.2 Å². The van der Waals surface area contributed by atoms with E-state index in [9.17, 15) is 14.4 Å². The standard InChI is InChI=1S/C15H16O4/c1-6(16)4-7-5-10-8-2-3-9(11(7)10)13-12(8)14(17)19-15(13)18/h2-3,7-13H,4-5H2,1H3/t7-,8-,9-,10-,11+,12-,13+/m1/s1. The molecule has 1 aliphatic heterocycles. The number of Topliss-reactive ketones (excluding diaryl/α,β-unsaturated/α-hetero) is 1. The van der Waals surface area contributed by atoms with Gasteiger partial charge in [0.25, 0.3) is 0 Å². The highest BCUT2D eigenvalue weighted by atomic mass is 16.6. The van der Waals surface area contributed by atoms with Crippen molar-refractivity contribution >= 4 is 17.7 Å². The predicted molar refractivity (Wildman–Crippen MR) is 64.6 cm³/mol. The fraction of sp³-hybridized carbons (Fsp3) is 0.667. The van der Waals surface area contributed by atoms with Crippen LogP contribution in [-0.4, -0.2) is 17.7 Å². The molecule has 2 saturated carbocycles. The first kappa shape index (κ1) is 11.4. The Labute approximate surface area is 111 Å². The van der Waals surface area contributed by atoms with Gasteiger partial charge in [-0.1, -0.05) is 12.2 Å². The van der Waals surface area contributed by atoms with Gasteiger partial charge in [-0.25, -0.2) is 0 Å². The summed E-state index contributed by atoms with van der Waals surface area (Å²) in [6.45, 7) is 1.63. The van der Waals surface area contributed by atoms with Gasteiger partial charge in [0, 0.05) is 6.42 Å². The SMILES string of the molecule is CC(=O)C[C@@H]1C[C@@H]2[C@H]3C=C[C@@H]([C@@H]4C(=O)OC(=O)[C@H]34)[C@H]12. The minimum Gasteiger partial charge on any atom is -0.393 e. The third-order valence-corrected chi connectivity index (χ3v) is 5.62. The first-order valence-electron chi connectivity index (χ1n) is 7.01. The van der Waals surface area contributed by atoms with Crippen molar-refractivity contribution in [2.75, 3.05) is 0 Å². The van der Waals surface area contributed by atoms with Gasteiger partial charge >= 0.3 is 11.9 Å². The molecule has 4 aliphatic carbocycles. The van der Waals surface area contributed by atoms with Crippen LogP contribution in [0.15, 0.2) is 12.2 Å². The highest BCUT2D eigenvalue weighted by molar-refractivity contribution is 5.97. The highest BCUT2D eigenvalue weighted by Gasteiger charge is 2.65. The summed E-state index contributed by atoms with van der Waals surface area (Å²) in [5.41, 5.74) is 0. The van der Waals surface area contributed by atoms with Crippen molar-refractivity contribution in [3.63, 3.8) is 0 Å². The van der Waals surface area contributed by atoms with Crippen molar-refractivity contribution in [2.45, 2.75) is 19.8 Å². The van der Waals surface area contributed by atoms with Gasteiger partial charge in [0.05, 0.1) is 11.8 Å². The Balaban J connectivity index is 1.67. The molecule has 0 unspecified atom stereocenters. The Kier molecular flexibility index (Phi) is 2.13. The van der Waals surface area contributed by atoms with E-state index >= 15 is 0 Å². The smallest absolute Gasteiger partial charge is 0.318 e. The van der Waals surface area contributed by atoms with E-state index in [1.807, 2.05) is 0 Å². The largest absolute Gasteiger partial charge is 0.393 e. The summed E-state index contributed by atoms with van der Waals surface area (Å²) in [4.78, 5) is 35.0. The lowest BCUT2D eigenvalue weighted by molar-refractivity contribution is -0.154.